The van der Waals surface area contributed by atoms with Crippen molar-refractivity contribution in [3.8, 4) is 11.4 Å². The molecule has 4 rings (SSSR count). The van der Waals surface area contributed by atoms with Crippen molar-refractivity contribution in [2.24, 2.45) is 0 Å². The molecule has 0 saturated heterocycles. The Bertz CT molecular complexity index is 1110. The summed E-state index contributed by atoms with van der Waals surface area (Å²) in [4.78, 5) is 23.4. The number of nitro benzene ring substituents is 1. The fraction of sp³-hybridized carbons (Fsp3) is 0.286. The zero-order valence-electron chi connectivity index (χ0n) is 17.0. The van der Waals surface area contributed by atoms with Gasteiger partial charge >= 0.3 is 0 Å². The first-order valence-corrected chi connectivity index (χ1v) is 10.7. The molecule has 10 heteroatoms. The number of nitro groups is 1. The molecule has 1 aromatic heterocycles. The van der Waals surface area contributed by atoms with Crippen LogP contribution >= 0.6 is 11.8 Å². The number of hydrogen-bond acceptors (Lipinski definition) is 7. The Morgan fingerprint density at radius 1 is 1.26 bits per heavy atom. The molecule has 31 heavy (non-hydrogen) atoms. The second kappa shape index (κ2) is 8.76. The van der Waals surface area contributed by atoms with Crippen LogP contribution in [0.4, 0.5) is 11.4 Å². The van der Waals surface area contributed by atoms with Gasteiger partial charge in [0.2, 0.25) is 5.91 Å². The lowest BCUT2D eigenvalue weighted by molar-refractivity contribution is -0.384. The Labute approximate surface area is 183 Å². The number of nitrogens with zero attached hydrogens (tertiary/aromatic N) is 4. The molecule has 1 unspecified atom stereocenters. The molecule has 2 aromatic carbocycles. The molecule has 0 aliphatic heterocycles. The van der Waals surface area contributed by atoms with Crippen molar-refractivity contribution < 1.29 is 14.5 Å². The average molecular weight is 439 g/mol. The van der Waals surface area contributed by atoms with Crippen LogP contribution in [0.5, 0.6) is 5.75 Å². The monoisotopic (exact) mass is 439 g/mol. The zero-order valence-corrected chi connectivity index (χ0v) is 17.8. The molecule has 1 saturated carbocycles. The Hall–Kier alpha value is -3.40. The maximum atomic E-state index is 12.9. The van der Waals surface area contributed by atoms with E-state index in [0.717, 1.165) is 24.4 Å². The minimum atomic E-state index is -0.525. The number of aromatic nitrogens is 3. The number of carbonyl (C=O) groups excluding carboxylic acids is 1. The molecular weight excluding hydrogens is 418 g/mol. The van der Waals surface area contributed by atoms with Crippen molar-refractivity contribution in [3.63, 3.8) is 0 Å². The first kappa shape index (κ1) is 20.9. The molecule has 1 atom stereocenters. The van der Waals surface area contributed by atoms with Crippen molar-refractivity contribution in [1.82, 2.24) is 14.8 Å². The maximum absolute atomic E-state index is 12.9. The van der Waals surface area contributed by atoms with Gasteiger partial charge in [0.1, 0.15) is 11.6 Å². The molecule has 160 valence electrons. The first-order valence-electron chi connectivity index (χ1n) is 9.78. The molecular formula is C21H21N5O4S. The van der Waals surface area contributed by atoms with Crippen molar-refractivity contribution in [2.75, 3.05) is 12.4 Å². The number of nitrogens with one attached hydrogen (secondary N) is 1. The van der Waals surface area contributed by atoms with E-state index in [2.05, 4.69) is 15.5 Å². The summed E-state index contributed by atoms with van der Waals surface area (Å²) in [5.74, 6) is 1.32. The Kier molecular flexibility index (Phi) is 5.90. The van der Waals surface area contributed by atoms with Crippen LogP contribution in [0.3, 0.4) is 0 Å². The van der Waals surface area contributed by atoms with Gasteiger partial charge in [-0.1, -0.05) is 30.0 Å². The summed E-state index contributed by atoms with van der Waals surface area (Å²) >= 11 is 1.28. The number of rotatable bonds is 8. The van der Waals surface area contributed by atoms with Gasteiger partial charge in [-0.3, -0.25) is 19.5 Å². The van der Waals surface area contributed by atoms with E-state index in [1.165, 1.54) is 37.1 Å². The topological polar surface area (TPSA) is 112 Å². The fourth-order valence-electron chi connectivity index (χ4n) is 3.14. The second-order valence-corrected chi connectivity index (χ2v) is 8.48. The molecule has 3 aromatic rings. The third-order valence-electron chi connectivity index (χ3n) is 4.92. The van der Waals surface area contributed by atoms with Crippen molar-refractivity contribution in [3.05, 3.63) is 64.5 Å². The summed E-state index contributed by atoms with van der Waals surface area (Å²) < 4.78 is 7.22. The summed E-state index contributed by atoms with van der Waals surface area (Å²) in [5.41, 5.74) is 1.07. The van der Waals surface area contributed by atoms with E-state index in [1.807, 2.05) is 34.9 Å². The number of carbonyl (C=O) groups is 1. The molecule has 1 aliphatic rings. The van der Waals surface area contributed by atoms with Gasteiger partial charge in [-0.15, -0.1) is 10.2 Å². The highest BCUT2D eigenvalue weighted by molar-refractivity contribution is 8.00. The van der Waals surface area contributed by atoms with Crippen LogP contribution in [0.2, 0.25) is 0 Å². The first-order chi connectivity index (χ1) is 15.0. The van der Waals surface area contributed by atoms with Crippen LogP contribution in [-0.4, -0.2) is 38.0 Å². The van der Waals surface area contributed by atoms with Gasteiger partial charge in [-0.2, -0.15) is 0 Å². The predicted octanol–water partition coefficient (Wildman–Crippen LogP) is 4.18. The summed E-state index contributed by atoms with van der Waals surface area (Å²) in [6, 6.07) is 13.9. The third-order valence-corrected chi connectivity index (χ3v) is 5.96. The van der Waals surface area contributed by atoms with Crippen LogP contribution in [0, 0.1) is 10.1 Å². The van der Waals surface area contributed by atoms with Gasteiger partial charge in [0.15, 0.2) is 5.16 Å². The van der Waals surface area contributed by atoms with Gasteiger partial charge in [0, 0.05) is 23.7 Å². The molecule has 9 nitrogen and oxygen atoms in total. The second-order valence-electron chi connectivity index (χ2n) is 7.18. The highest BCUT2D eigenvalue weighted by Crippen LogP contribution is 2.41. The van der Waals surface area contributed by atoms with Crippen LogP contribution < -0.4 is 10.1 Å². The Balaban J connectivity index is 1.55. The van der Waals surface area contributed by atoms with Crippen molar-refractivity contribution >= 4 is 29.0 Å². The number of thioether (sulfide) groups is 1. The lowest BCUT2D eigenvalue weighted by Crippen LogP contribution is -2.23. The Morgan fingerprint density at radius 3 is 2.65 bits per heavy atom. The molecule has 1 amide bonds. The summed E-state index contributed by atoms with van der Waals surface area (Å²) in [7, 11) is 1.44. The van der Waals surface area contributed by atoms with E-state index in [-0.39, 0.29) is 17.3 Å². The number of hydrogen-bond donors (Lipinski definition) is 1. The fourth-order valence-corrected chi connectivity index (χ4v) is 4.01. The van der Waals surface area contributed by atoms with Crippen LogP contribution in [-0.2, 0) is 4.79 Å². The SMILES string of the molecule is COc1ccc([N+](=O)[O-])cc1NC(=O)C(C)Sc1nnc(C2CC2)n1-c1ccccc1. The molecule has 1 N–H and O–H groups in total. The quantitative estimate of drug-likeness (QED) is 0.318. The third kappa shape index (κ3) is 4.53. The van der Waals surface area contributed by atoms with Crippen LogP contribution in [0.25, 0.3) is 5.69 Å². The lowest BCUT2D eigenvalue weighted by Gasteiger charge is -2.15. The standard InChI is InChI=1S/C21H21N5O4S/c1-13(20(27)22-17-12-16(26(28)29)10-11-18(17)30-2)31-21-24-23-19(14-8-9-14)25(21)15-6-4-3-5-7-15/h3-7,10-14H,8-9H2,1-2H3,(H,22,27). The smallest absolute Gasteiger partial charge is 0.271 e. The summed E-state index contributed by atoms with van der Waals surface area (Å²) in [6.45, 7) is 1.75. The maximum Gasteiger partial charge on any atom is 0.271 e. The van der Waals surface area contributed by atoms with Gasteiger partial charge in [-0.05, 0) is 38.0 Å². The number of amides is 1. The molecule has 0 bridgehead atoms. The van der Waals surface area contributed by atoms with Crippen molar-refractivity contribution in [1.29, 1.82) is 0 Å². The molecule has 0 radical (unpaired) electrons. The zero-order chi connectivity index (χ0) is 22.0. The molecule has 1 fully saturated rings. The average Bonchev–Trinajstić information content (AvgIpc) is 3.54. The van der Waals surface area contributed by atoms with E-state index in [4.69, 9.17) is 4.74 Å². The number of para-hydroxylation sites is 1. The summed E-state index contributed by atoms with van der Waals surface area (Å²) in [5, 5.41) is 22.6. The Morgan fingerprint density at radius 2 is 2.00 bits per heavy atom. The van der Waals surface area contributed by atoms with Gasteiger partial charge in [0.05, 0.1) is 23.0 Å². The van der Waals surface area contributed by atoms with Gasteiger partial charge < -0.3 is 10.1 Å². The lowest BCUT2D eigenvalue weighted by atomic mass is 10.2. The largest absolute Gasteiger partial charge is 0.495 e. The molecule has 1 heterocycles. The number of ether oxygens (including phenoxy) is 1. The van der Waals surface area contributed by atoms with Gasteiger partial charge in [-0.25, -0.2) is 0 Å². The van der Waals surface area contributed by atoms with E-state index in [0.29, 0.717) is 16.8 Å². The minimum absolute atomic E-state index is 0.130. The highest BCUT2D eigenvalue weighted by atomic mass is 32.2. The number of anilines is 1. The molecule has 1 aliphatic carbocycles. The normalized spacial score (nSPS) is 14.1. The number of methoxy groups -OCH3 is 1. The predicted molar refractivity (Wildman–Crippen MR) is 117 cm³/mol. The summed E-state index contributed by atoms with van der Waals surface area (Å²) in [6.07, 6.45) is 2.16. The van der Waals surface area contributed by atoms with E-state index in [1.54, 1.807) is 6.92 Å². The number of non-ortho nitro benzene ring substituents is 1. The van der Waals surface area contributed by atoms with E-state index >= 15 is 0 Å². The highest BCUT2D eigenvalue weighted by Gasteiger charge is 2.32. The van der Waals surface area contributed by atoms with E-state index < -0.39 is 10.2 Å². The number of benzene rings is 2. The van der Waals surface area contributed by atoms with Crippen LogP contribution in [0.15, 0.2) is 53.7 Å². The minimum Gasteiger partial charge on any atom is -0.495 e. The van der Waals surface area contributed by atoms with E-state index in [9.17, 15) is 14.9 Å². The molecule has 0 spiro atoms. The van der Waals surface area contributed by atoms with Crippen LogP contribution in [0.1, 0.15) is 31.5 Å². The van der Waals surface area contributed by atoms with Gasteiger partial charge in [0.25, 0.3) is 5.69 Å². The van der Waals surface area contributed by atoms with Crippen molar-refractivity contribution in [2.45, 2.75) is 36.1 Å².